The van der Waals surface area contributed by atoms with Crippen LogP contribution < -0.4 is 10.6 Å². The molecule has 0 saturated heterocycles. The zero-order valence-corrected chi connectivity index (χ0v) is 12.5. The molecule has 5 heteroatoms. The number of hydrogen-bond acceptors (Lipinski definition) is 4. The van der Waals surface area contributed by atoms with Crippen LogP contribution in [0.4, 0.5) is 17.5 Å². The Labute approximate surface area is 124 Å². The lowest BCUT2D eigenvalue weighted by atomic mass is 10.2. The summed E-state index contributed by atoms with van der Waals surface area (Å²) < 4.78 is 0. The van der Waals surface area contributed by atoms with E-state index in [1.54, 1.807) is 6.20 Å². The zero-order valence-electron chi connectivity index (χ0n) is 11.8. The van der Waals surface area contributed by atoms with Crippen molar-refractivity contribution in [3.8, 4) is 0 Å². The van der Waals surface area contributed by atoms with Gasteiger partial charge in [0.05, 0.1) is 0 Å². The van der Waals surface area contributed by atoms with Crippen LogP contribution in [0.25, 0.3) is 0 Å². The highest BCUT2D eigenvalue weighted by Crippen LogP contribution is 2.22. The van der Waals surface area contributed by atoms with E-state index in [2.05, 4.69) is 27.5 Å². The zero-order chi connectivity index (χ0) is 14.4. The SMILES string of the molecule is CCCCNc1ccnc(Nc2cc(Cl)ccc2C)n1. The third-order valence-electron chi connectivity index (χ3n) is 2.94. The van der Waals surface area contributed by atoms with E-state index in [0.29, 0.717) is 11.0 Å². The highest BCUT2D eigenvalue weighted by molar-refractivity contribution is 6.30. The average molecular weight is 291 g/mol. The summed E-state index contributed by atoms with van der Waals surface area (Å²) in [4.78, 5) is 8.66. The first-order valence-electron chi connectivity index (χ1n) is 6.79. The number of benzene rings is 1. The average Bonchev–Trinajstić information content (AvgIpc) is 2.44. The number of unbranched alkanes of at least 4 members (excludes halogenated alkanes) is 1. The predicted molar refractivity (Wildman–Crippen MR) is 84.9 cm³/mol. The van der Waals surface area contributed by atoms with Crippen molar-refractivity contribution in [3.05, 3.63) is 41.0 Å². The largest absolute Gasteiger partial charge is 0.370 e. The summed E-state index contributed by atoms with van der Waals surface area (Å²) in [5.41, 5.74) is 2.02. The summed E-state index contributed by atoms with van der Waals surface area (Å²) in [6.45, 7) is 5.10. The molecule has 1 aromatic carbocycles. The number of aryl methyl sites for hydroxylation is 1. The van der Waals surface area contributed by atoms with Crippen molar-refractivity contribution in [2.24, 2.45) is 0 Å². The fraction of sp³-hybridized carbons (Fsp3) is 0.333. The van der Waals surface area contributed by atoms with Crippen molar-refractivity contribution in [1.82, 2.24) is 9.97 Å². The Bertz CT molecular complexity index is 572. The van der Waals surface area contributed by atoms with Crippen LogP contribution in [0.3, 0.4) is 0 Å². The molecule has 1 heterocycles. The number of aromatic nitrogens is 2. The summed E-state index contributed by atoms with van der Waals surface area (Å²) in [5, 5.41) is 7.17. The molecule has 0 radical (unpaired) electrons. The molecule has 4 nitrogen and oxygen atoms in total. The van der Waals surface area contributed by atoms with Crippen molar-refractivity contribution in [2.75, 3.05) is 17.2 Å². The summed E-state index contributed by atoms with van der Waals surface area (Å²) in [7, 11) is 0. The number of rotatable bonds is 6. The molecule has 0 atom stereocenters. The number of nitrogens with zero attached hydrogens (tertiary/aromatic N) is 2. The molecule has 0 aliphatic heterocycles. The summed E-state index contributed by atoms with van der Waals surface area (Å²) in [6.07, 6.45) is 4.02. The molecular formula is C15H19ClN4. The summed E-state index contributed by atoms with van der Waals surface area (Å²) >= 11 is 6.01. The quantitative estimate of drug-likeness (QED) is 0.775. The summed E-state index contributed by atoms with van der Waals surface area (Å²) in [6, 6.07) is 7.57. The highest BCUT2D eigenvalue weighted by atomic mass is 35.5. The Morgan fingerprint density at radius 3 is 2.90 bits per heavy atom. The standard InChI is InChI=1S/C15H19ClN4/c1-3-4-8-17-14-7-9-18-15(20-14)19-13-10-12(16)6-5-11(13)2/h5-7,9-10H,3-4,8H2,1-2H3,(H2,17,18,19,20). The Balaban J connectivity index is 2.09. The van der Waals surface area contributed by atoms with Gasteiger partial charge in [-0.25, -0.2) is 4.98 Å². The third-order valence-corrected chi connectivity index (χ3v) is 3.17. The van der Waals surface area contributed by atoms with E-state index in [0.717, 1.165) is 36.5 Å². The van der Waals surface area contributed by atoms with Crippen LogP contribution in [0.5, 0.6) is 0 Å². The van der Waals surface area contributed by atoms with E-state index in [1.165, 1.54) is 0 Å². The highest BCUT2D eigenvalue weighted by Gasteiger charge is 2.03. The van der Waals surface area contributed by atoms with Gasteiger partial charge in [0.25, 0.3) is 0 Å². The second-order valence-electron chi connectivity index (χ2n) is 4.63. The minimum atomic E-state index is 0.567. The smallest absolute Gasteiger partial charge is 0.229 e. The van der Waals surface area contributed by atoms with Crippen molar-refractivity contribution in [3.63, 3.8) is 0 Å². The molecule has 0 fully saturated rings. The Morgan fingerprint density at radius 1 is 1.25 bits per heavy atom. The van der Waals surface area contributed by atoms with Crippen molar-refractivity contribution >= 4 is 29.1 Å². The molecule has 0 aliphatic carbocycles. The Morgan fingerprint density at radius 2 is 2.10 bits per heavy atom. The minimum absolute atomic E-state index is 0.567. The molecule has 0 saturated carbocycles. The first-order chi connectivity index (χ1) is 9.69. The van der Waals surface area contributed by atoms with Gasteiger partial charge in [-0.2, -0.15) is 4.98 Å². The number of hydrogen-bond donors (Lipinski definition) is 2. The van der Waals surface area contributed by atoms with Crippen LogP contribution in [-0.2, 0) is 0 Å². The molecule has 2 rings (SSSR count). The van der Waals surface area contributed by atoms with E-state index in [-0.39, 0.29) is 0 Å². The van der Waals surface area contributed by atoms with Gasteiger partial charge in [-0.05, 0) is 37.1 Å². The predicted octanol–water partition coefficient (Wildman–Crippen LogP) is 4.39. The van der Waals surface area contributed by atoms with Crippen LogP contribution in [-0.4, -0.2) is 16.5 Å². The summed E-state index contributed by atoms with van der Waals surface area (Å²) in [5.74, 6) is 1.40. The van der Waals surface area contributed by atoms with Crippen LogP contribution in [0.1, 0.15) is 25.3 Å². The molecule has 0 unspecified atom stereocenters. The minimum Gasteiger partial charge on any atom is -0.370 e. The lowest BCUT2D eigenvalue weighted by molar-refractivity contribution is 0.830. The second kappa shape index (κ2) is 7.10. The van der Waals surface area contributed by atoms with Crippen molar-refractivity contribution in [2.45, 2.75) is 26.7 Å². The molecule has 2 aromatic rings. The number of nitrogens with one attached hydrogen (secondary N) is 2. The molecule has 2 N–H and O–H groups in total. The molecule has 0 amide bonds. The maximum absolute atomic E-state index is 6.01. The van der Waals surface area contributed by atoms with E-state index in [1.807, 2.05) is 31.2 Å². The van der Waals surface area contributed by atoms with Gasteiger partial charge in [-0.3, -0.25) is 0 Å². The second-order valence-corrected chi connectivity index (χ2v) is 5.07. The first-order valence-corrected chi connectivity index (χ1v) is 7.17. The van der Waals surface area contributed by atoms with Gasteiger partial charge >= 0.3 is 0 Å². The Kier molecular flexibility index (Phi) is 5.18. The van der Waals surface area contributed by atoms with Gasteiger partial charge in [0, 0.05) is 23.5 Å². The van der Waals surface area contributed by atoms with Gasteiger partial charge in [0.15, 0.2) is 0 Å². The molecule has 0 bridgehead atoms. The topological polar surface area (TPSA) is 49.8 Å². The molecular weight excluding hydrogens is 272 g/mol. The van der Waals surface area contributed by atoms with Crippen molar-refractivity contribution in [1.29, 1.82) is 0 Å². The maximum atomic E-state index is 6.01. The van der Waals surface area contributed by atoms with Crippen LogP contribution in [0.2, 0.25) is 5.02 Å². The van der Waals surface area contributed by atoms with Crippen LogP contribution in [0, 0.1) is 6.92 Å². The molecule has 20 heavy (non-hydrogen) atoms. The fourth-order valence-corrected chi connectivity index (χ4v) is 1.93. The Hall–Kier alpha value is -1.81. The molecule has 0 aliphatic rings. The first kappa shape index (κ1) is 14.6. The lowest BCUT2D eigenvalue weighted by Crippen LogP contribution is -2.05. The molecule has 106 valence electrons. The monoisotopic (exact) mass is 290 g/mol. The van der Waals surface area contributed by atoms with E-state index < -0.39 is 0 Å². The van der Waals surface area contributed by atoms with Crippen LogP contribution in [0.15, 0.2) is 30.5 Å². The van der Waals surface area contributed by atoms with Gasteiger partial charge in [0.2, 0.25) is 5.95 Å². The van der Waals surface area contributed by atoms with E-state index in [4.69, 9.17) is 11.6 Å². The number of anilines is 3. The van der Waals surface area contributed by atoms with Gasteiger partial charge in [-0.1, -0.05) is 31.0 Å². The normalized spacial score (nSPS) is 10.3. The van der Waals surface area contributed by atoms with Crippen LogP contribution >= 0.6 is 11.6 Å². The van der Waals surface area contributed by atoms with E-state index in [9.17, 15) is 0 Å². The van der Waals surface area contributed by atoms with Crippen molar-refractivity contribution < 1.29 is 0 Å². The number of halogens is 1. The van der Waals surface area contributed by atoms with E-state index >= 15 is 0 Å². The molecule has 1 aromatic heterocycles. The maximum Gasteiger partial charge on any atom is 0.229 e. The fourth-order valence-electron chi connectivity index (χ4n) is 1.76. The third kappa shape index (κ3) is 4.10. The van der Waals surface area contributed by atoms with Gasteiger partial charge in [-0.15, -0.1) is 0 Å². The van der Waals surface area contributed by atoms with Gasteiger partial charge < -0.3 is 10.6 Å². The van der Waals surface area contributed by atoms with Gasteiger partial charge in [0.1, 0.15) is 5.82 Å². The lowest BCUT2D eigenvalue weighted by Gasteiger charge is -2.10. The molecule has 0 spiro atoms.